The lowest BCUT2D eigenvalue weighted by molar-refractivity contribution is 0.380. The number of hydrogen-bond donors (Lipinski definition) is 1. The molecule has 0 radical (unpaired) electrons. The van der Waals surface area contributed by atoms with Crippen LogP contribution < -0.4 is 5.56 Å². The number of rotatable bonds is 3. The third-order valence-electron chi connectivity index (χ3n) is 4.78. The molecule has 0 atom stereocenters. The largest absolute Gasteiger partial charge is 0.506 e. The Labute approximate surface area is 147 Å². The van der Waals surface area contributed by atoms with E-state index < -0.39 is 0 Å². The van der Waals surface area contributed by atoms with Crippen LogP contribution in [-0.4, -0.2) is 29.2 Å². The molecule has 8 nitrogen and oxygen atoms in total. The topological polar surface area (TPSA) is 98.5 Å². The molecule has 1 fully saturated rings. The first-order chi connectivity index (χ1) is 12.6. The van der Waals surface area contributed by atoms with Gasteiger partial charge >= 0.3 is 0 Å². The lowest BCUT2D eigenvalue weighted by atomic mass is 10.2. The van der Waals surface area contributed by atoms with Gasteiger partial charge in [-0.2, -0.15) is 4.98 Å². The predicted octanol–water partition coefficient (Wildman–Crippen LogP) is 2.86. The van der Waals surface area contributed by atoms with Crippen molar-refractivity contribution in [3.8, 4) is 17.3 Å². The van der Waals surface area contributed by atoms with E-state index in [1.165, 1.54) is 0 Å². The van der Waals surface area contributed by atoms with Crippen LogP contribution in [0.25, 0.3) is 28.1 Å². The average Bonchev–Trinajstić information content (AvgIpc) is 3.17. The fourth-order valence-electron chi connectivity index (χ4n) is 3.40. The number of fused-ring (bicyclic) bond motifs is 3. The van der Waals surface area contributed by atoms with Crippen LogP contribution in [0.1, 0.15) is 44.5 Å². The maximum absolute atomic E-state index is 13.2. The lowest BCUT2D eigenvalue weighted by Gasteiger charge is -2.16. The summed E-state index contributed by atoms with van der Waals surface area (Å²) in [5.41, 5.74) is 1.69. The molecule has 0 spiro atoms. The fourth-order valence-corrected chi connectivity index (χ4v) is 3.40. The summed E-state index contributed by atoms with van der Waals surface area (Å²) in [6.45, 7) is 3.80. The van der Waals surface area contributed by atoms with Crippen LogP contribution in [0.5, 0.6) is 5.75 Å². The molecule has 3 heterocycles. The second-order valence-corrected chi connectivity index (χ2v) is 6.96. The Balaban J connectivity index is 1.87. The Bertz CT molecular complexity index is 1210. The molecule has 132 valence electrons. The zero-order chi connectivity index (χ0) is 18.0. The van der Waals surface area contributed by atoms with Gasteiger partial charge in [0, 0.05) is 12.0 Å². The van der Waals surface area contributed by atoms with Crippen molar-refractivity contribution in [1.82, 2.24) is 24.1 Å². The molecule has 3 aromatic heterocycles. The van der Waals surface area contributed by atoms with Crippen LogP contribution in [0.3, 0.4) is 0 Å². The average molecular weight is 351 g/mol. The van der Waals surface area contributed by atoms with E-state index in [9.17, 15) is 9.90 Å². The Morgan fingerprint density at radius 1 is 1.27 bits per heavy atom. The van der Waals surface area contributed by atoms with Crippen molar-refractivity contribution in [3.63, 3.8) is 0 Å². The number of phenolic OH excluding ortho intramolecular Hbond substituents is 1. The molecule has 26 heavy (non-hydrogen) atoms. The molecule has 5 rings (SSSR count). The van der Waals surface area contributed by atoms with Crippen LogP contribution in [0.4, 0.5) is 0 Å². The highest BCUT2D eigenvalue weighted by atomic mass is 16.5. The smallest absolute Gasteiger partial charge is 0.278 e. The van der Waals surface area contributed by atoms with Crippen molar-refractivity contribution in [1.29, 1.82) is 0 Å². The standard InChI is InChI=1S/C18H17N5O3/c1-9(2)23-14-11(4-3-5-12(14)24)22-8-19-13(15(22)18(23)25)16-20-17(26-21-16)10-6-7-10/h3-5,8-10,24H,6-7H2,1-2H3. The second kappa shape index (κ2) is 5.17. The van der Waals surface area contributed by atoms with E-state index >= 15 is 0 Å². The Kier molecular flexibility index (Phi) is 3.01. The highest BCUT2D eigenvalue weighted by Crippen LogP contribution is 2.39. The number of benzene rings is 1. The summed E-state index contributed by atoms with van der Waals surface area (Å²) in [7, 11) is 0. The predicted molar refractivity (Wildman–Crippen MR) is 94.3 cm³/mol. The normalized spacial score (nSPS) is 14.7. The maximum atomic E-state index is 13.2. The monoisotopic (exact) mass is 351 g/mol. The first kappa shape index (κ1) is 15.1. The minimum absolute atomic E-state index is 0.0565. The number of aromatic hydroxyl groups is 1. The van der Waals surface area contributed by atoms with Gasteiger partial charge in [-0.25, -0.2) is 4.98 Å². The molecule has 0 unspecified atom stereocenters. The number of para-hydroxylation sites is 1. The van der Waals surface area contributed by atoms with Gasteiger partial charge in [0.15, 0.2) is 0 Å². The van der Waals surface area contributed by atoms with Crippen LogP contribution in [-0.2, 0) is 0 Å². The van der Waals surface area contributed by atoms with E-state index in [1.54, 1.807) is 27.4 Å². The van der Waals surface area contributed by atoms with E-state index in [4.69, 9.17) is 4.52 Å². The van der Waals surface area contributed by atoms with Crippen molar-refractivity contribution >= 4 is 16.6 Å². The highest BCUT2D eigenvalue weighted by molar-refractivity contribution is 5.87. The molecule has 1 aliphatic carbocycles. The molecule has 1 aliphatic rings. The lowest BCUT2D eigenvalue weighted by Crippen LogP contribution is -2.24. The van der Waals surface area contributed by atoms with Crippen LogP contribution in [0.2, 0.25) is 0 Å². The van der Waals surface area contributed by atoms with Gasteiger partial charge < -0.3 is 9.63 Å². The van der Waals surface area contributed by atoms with Crippen molar-refractivity contribution < 1.29 is 9.63 Å². The van der Waals surface area contributed by atoms with Gasteiger partial charge in [0.25, 0.3) is 5.56 Å². The van der Waals surface area contributed by atoms with Gasteiger partial charge in [-0.05, 0) is 38.8 Å². The molecule has 1 aromatic carbocycles. The number of aromatic nitrogens is 5. The van der Waals surface area contributed by atoms with Gasteiger partial charge in [0.2, 0.25) is 11.7 Å². The fraction of sp³-hybridized carbons (Fsp3) is 0.333. The summed E-state index contributed by atoms with van der Waals surface area (Å²) < 4.78 is 8.58. The summed E-state index contributed by atoms with van der Waals surface area (Å²) in [4.78, 5) is 22.1. The Hall–Kier alpha value is -3.16. The first-order valence-electron chi connectivity index (χ1n) is 8.63. The van der Waals surface area contributed by atoms with E-state index in [1.807, 2.05) is 19.9 Å². The van der Waals surface area contributed by atoms with Gasteiger partial charge in [0.1, 0.15) is 28.8 Å². The molecule has 0 saturated heterocycles. The van der Waals surface area contributed by atoms with Crippen LogP contribution in [0.15, 0.2) is 33.8 Å². The zero-order valence-electron chi connectivity index (χ0n) is 14.4. The molecule has 1 N–H and O–H groups in total. The quantitative estimate of drug-likeness (QED) is 0.609. The van der Waals surface area contributed by atoms with Crippen molar-refractivity contribution in [3.05, 3.63) is 40.8 Å². The van der Waals surface area contributed by atoms with Gasteiger partial charge in [-0.3, -0.25) is 13.8 Å². The van der Waals surface area contributed by atoms with Crippen molar-refractivity contribution in [2.45, 2.75) is 38.6 Å². The summed E-state index contributed by atoms with van der Waals surface area (Å²) >= 11 is 0. The van der Waals surface area contributed by atoms with Crippen molar-refractivity contribution in [2.75, 3.05) is 0 Å². The summed E-state index contributed by atoms with van der Waals surface area (Å²) in [6.07, 6.45) is 3.66. The summed E-state index contributed by atoms with van der Waals surface area (Å²) in [5.74, 6) is 1.31. The second-order valence-electron chi connectivity index (χ2n) is 6.96. The minimum Gasteiger partial charge on any atom is -0.506 e. The number of hydrogen-bond acceptors (Lipinski definition) is 6. The van der Waals surface area contributed by atoms with E-state index in [2.05, 4.69) is 15.1 Å². The van der Waals surface area contributed by atoms with Crippen LogP contribution >= 0.6 is 0 Å². The van der Waals surface area contributed by atoms with Gasteiger partial charge in [0.05, 0.1) is 5.52 Å². The summed E-state index contributed by atoms with van der Waals surface area (Å²) in [5, 5.41) is 14.4. The first-order valence-corrected chi connectivity index (χ1v) is 8.63. The van der Waals surface area contributed by atoms with E-state index in [0.717, 1.165) is 12.8 Å². The number of nitrogens with zero attached hydrogens (tertiary/aromatic N) is 5. The molecule has 0 bridgehead atoms. The zero-order valence-corrected chi connectivity index (χ0v) is 14.4. The van der Waals surface area contributed by atoms with Gasteiger partial charge in [-0.15, -0.1) is 0 Å². The molecule has 1 saturated carbocycles. The Morgan fingerprint density at radius 3 is 2.81 bits per heavy atom. The third-order valence-corrected chi connectivity index (χ3v) is 4.78. The van der Waals surface area contributed by atoms with E-state index in [0.29, 0.717) is 39.9 Å². The molecule has 0 amide bonds. The molecule has 0 aliphatic heterocycles. The van der Waals surface area contributed by atoms with Crippen LogP contribution in [0, 0.1) is 0 Å². The van der Waals surface area contributed by atoms with Crippen molar-refractivity contribution in [2.24, 2.45) is 0 Å². The molecular formula is C18H17N5O3. The van der Waals surface area contributed by atoms with E-state index in [-0.39, 0.29) is 17.4 Å². The third kappa shape index (κ3) is 2.01. The summed E-state index contributed by atoms with van der Waals surface area (Å²) in [6, 6.07) is 5.02. The highest BCUT2D eigenvalue weighted by Gasteiger charge is 2.31. The minimum atomic E-state index is -0.251. The molecule has 8 heteroatoms. The molecular weight excluding hydrogens is 334 g/mol. The number of phenols is 1. The SMILES string of the molecule is CC(C)n1c(=O)c2c(-c3noc(C4CC4)n3)ncn2c2cccc(O)c21. The van der Waals surface area contributed by atoms with Gasteiger partial charge in [-0.1, -0.05) is 11.2 Å². The number of imidazole rings is 1. The Morgan fingerprint density at radius 2 is 2.08 bits per heavy atom. The molecule has 4 aromatic rings. The maximum Gasteiger partial charge on any atom is 0.278 e.